The zero-order valence-corrected chi connectivity index (χ0v) is 8.97. The van der Waals surface area contributed by atoms with Gasteiger partial charge in [0, 0.05) is 6.42 Å². The van der Waals surface area contributed by atoms with E-state index >= 15 is 0 Å². The lowest BCUT2D eigenvalue weighted by molar-refractivity contribution is -0.117. The Kier molecular flexibility index (Phi) is 5.66. The Balaban J connectivity index is 3.05. The van der Waals surface area contributed by atoms with Gasteiger partial charge in [-0.05, 0) is 13.3 Å². The van der Waals surface area contributed by atoms with E-state index in [0.29, 0.717) is 7.71 Å². The Labute approximate surface area is 76.9 Å². The van der Waals surface area contributed by atoms with Crippen molar-refractivity contribution in [2.75, 3.05) is 0 Å². The van der Waals surface area contributed by atoms with Gasteiger partial charge in [-0.15, -0.1) is 0 Å². The van der Waals surface area contributed by atoms with Gasteiger partial charge in [-0.1, -0.05) is 45.2 Å². The third kappa shape index (κ3) is 7.13. The molecule has 0 aromatic carbocycles. The van der Waals surface area contributed by atoms with E-state index in [4.69, 9.17) is 0 Å². The van der Waals surface area contributed by atoms with Crippen molar-refractivity contribution in [3.8, 4) is 0 Å². The minimum Gasteiger partial charge on any atom is -0.300 e. The third-order valence-electron chi connectivity index (χ3n) is 0.715. The molecule has 8 heavy (non-hydrogen) atoms. The second-order valence-electron chi connectivity index (χ2n) is 1.63. The van der Waals surface area contributed by atoms with Crippen LogP contribution in [-0.2, 0) is 4.79 Å². The molecule has 48 valence electrons. The van der Waals surface area contributed by atoms with Gasteiger partial charge in [-0.25, -0.2) is 0 Å². The van der Waals surface area contributed by atoms with Crippen LogP contribution in [0.15, 0.2) is 0 Å². The van der Waals surface area contributed by atoms with Crippen molar-refractivity contribution in [1.29, 1.82) is 0 Å². The number of hydrogen-bond donors (Lipinski definition) is 0. The van der Waals surface area contributed by atoms with Gasteiger partial charge in [0.25, 0.3) is 0 Å². The lowest BCUT2D eigenvalue weighted by atomic mass is 10.3. The average Bonchev–Trinajstić information content (AvgIpc) is 1.61. The van der Waals surface area contributed by atoms with Crippen molar-refractivity contribution in [3.05, 3.63) is 0 Å². The van der Waals surface area contributed by atoms with Crippen LogP contribution in [0.25, 0.3) is 0 Å². The number of carbonyl (C=O) groups is 1. The Morgan fingerprint density at radius 1 is 1.62 bits per heavy atom. The molecular weight excluding hydrogens is 330 g/mol. The first-order valence-corrected chi connectivity index (χ1v) is 4.89. The molecule has 0 N–H and O–H groups in total. The van der Waals surface area contributed by atoms with Crippen LogP contribution >= 0.6 is 45.2 Å². The maximum Gasteiger partial charge on any atom is 0.129 e. The SMILES string of the molecule is CC(=O)CCC(I)I. The number of Topliss-reactive ketones (excluding diaryl/α,β-unsaturated/α-hetero) is 1. The number of halogens is 2. The van der Waals surface area contributed by atoms with Crippen LogP contribution < -0.4 is 0 Å². The number of carbonyl (C=O) groups excluding carboxylic acids is 1. The Bertz CT molecular complexity index is 80.5. The van der Waals surface area contributed by atoms with Crippen LogP contribution in [-0.4, -0.2) is 7.71 Å². The summed E-state index contributed by atoms with van der Waals surface area (Å²) >= 11 is 4.62. The quantitative estimate of drug-likeness (QED) is 0.571. The fourth-order valence-corrected chi connectivity index (χ4v) is 0.935. The molecule has 0 aliphatic heterocycles. The average molecular weight is 338 g/mol. The summed E-state index contributed by atoms with van der Waals surface area (Å²) in [6.07, 6.45) is 1.74. The van der Waals surface area contributed by atoms with Crippen LogP contribution in [0.5, 0.6) is 0 Å². The topological polar surface area (TPSA) is 17.1 Å². The van der Waals surface area contributed by atoms with Crippen LogP contribution in [0.1, 0.15) is 19.8 Å². The standard InChI is InChI=1S/C5H8I2O/c1-4(8)2-3-5(6)7/h5H,2-3H2,1H3. The Morgan fingerprint density at radius 2 is 2.12 bits per heavy atom. The number of hydrogen-bond acceptors (Lipinski definition) is 1. The molecule has 3 heteroatoms. The molecule has 0 spiro atoms. The number of ketones is 1. The van der Waals surface area contributed by atoms with Crippen molar-refractivity contribution >= 4 is 51.0 Å². The highest BCUT2D eigenvalue weighted by Crippen LogP contribution is 2.15. The molecular formula is C5H8I2O. The highest BCUT2D eigenvalue weighted by Gasteiger charge is 1.98. The van der Waals surface area contributed by atoms with Gasteiger partial charge < -0.3 is 4.79 Å². The smallest absolute Gasteiger partial charge is 0.129 e. The molecule has 1 nitrogen and oxygen atoms in total. The van der Waals surface area contributed by atoms with Crippen molar-refractivity contribution < 1.29 is 4.79 Å². The summed E-state index contributed by atoms with van der Waals surface area (Å²) in [6.45, 7) is 1.63. The largest absolute Gasteiger partial charge is 0.300 e. The summed E-state index contributed by atoms with van der Waals surface area (Å²) in [5, 5.41) is 0. The van der Waals surface area contributed by atoms with Gasteiger partial charge in [0.05, 0.1) is 1.93 Å². The summed E-state index contributed by atoms with van der Waals surface area (Å²) < 4.78 is 0.606. The molecule has 0 bridgehead atoms. The second kappa shape index (κ2) is 4.96. The van der Waals surface area contributed by atoms with E-state index in [-0.39, 0.29) is 0 Å². The molecule has 0 rings (SSSR count). The molecule has 0 radical (unpaired) electrons. The van der Waals surface area contributed by atoms with Crippen LogP contribution in [0, 0.1) is 0 Å². The zero-order valence-electron chi connectivity index (χ0n) is 4.66. The first-order valence-electron chi connectivity index (χ1n) is 2.40. The van der Waals surface area contributed by atoms with Crippen molar-refractivity contribution in [1.82, 2.24) is 0 Å². The van der Waals surface area contributed by atoms with E-state index in [1.165, 1.54) is 0 Å². The highest BCUT2D eigenvalue weighted by atomic mass is 127. The maximum atomic E-state index is 10.3. The molecule has 0 atom stereocenters. The first-order chi connectivity index (χ1) is 3.63. The number of rotatable bonds is 3. The molecule has 0 aromatic rings. The zero-order chi connectivity index (χ0) is 6.57. The lowest BCUT2D eigenvalue weighted by Gasteiger charge is -1.95. The summed E-state index contributed by atoms with van der Waals surface area (Å²) in [5.41, 5.74) is 0. The van der Waals surface area contributed by atoms with E-state index < -0.39 is 0 Å². The van der Waals surface area contributed by atoms with Crippen molar-refractivity contribution in [2.24, 2.45) is 0 Å². The molecule has 0 saturated carbocycles. The molecule has 0 heterocycles. The summed E-state index contributed by atoms with van der Waals surface area (Å²) in [4.78, 5) is 10.3. The van der Waals surface area contributed by atoms with Crippen LogP contribution in [0.4, 0.5) is 0 Å². The Morgan fingerprint density at radius 3 is 2.25 bits per heavy atom. The van der Waals surface area contributed by atoms with Crippen molar-refractivity contribution in [2.45, 2.75) is 21.7 Å². The van der Waals surface area contributed by atoms with E-state index in [1.54, 1.807) is 6.92 Å². The fourth-order valence-electron chi connectivity index (χ4n) is 0.312. The molecule has 0 aromatic heterocycles. The number of alkyl halides is 2. The Hall–Kier alpha value is 1.13. The molecule has 0 unspecified atom stereocenters. The maximum absolute atomic E-state index is 10.3. The van der Waals surface area contributed by atoms with Gasteiger partial charge in [-0.3, -0.25) is 0 Å². The van der Waals surface area contributed by atoms with Gasteiger partial charge in [-0.2, -0.15) is 0 Å². The molecule has 0 amide bonds. The van der Waals surface area contributed by atoms with Gasteiger partial charge in [0.15, 0.2) is 0 Å². The van der Waals surface area contributed by atoms with Gasteiger partial charge in [0.2, 0.25) is 0 Å². The summed E-state index contributed by atoms with van der Waals surface area (Å²) in [7, 11) is 0. The molecule has 0 aliphatic carbocycles. The van der Waals surface area contributed by atoms with E-state index in [0.717, 1.165) is 12.8 Å². The predicted octanol–water partition coefficient (Wildman–Crippen LogP) is 2.55. The van der Waals surface area contributed by atoms with E-state index in [2.05, 4.69) is 45.2 Å². The van der Waals surface area contributed by atoms with Crippen LogP contribution in [0.2, 0.25) is 0 Å². The minimum atomic E-state index is 0.295. The first kappa shape index (κ1) is 9.13. The van der Waals surface area contributed by atoms with Gasteiger partial charge in [0.1, 0.15) is 5.78 Å². The van der Waals surface area contributed by atoms with Crippen LogP contribution in [0.3, 0.4) is 0 Å². The monoisotopic (exact) mass is 338 g/mol. The normalized spacial score (nSPS) is 10.0. The van der Waals surface area contributed by atoms with Crippen molar-refractivity contribution in [3.63, 3.8) is 0 Å². The van der Waals surface area contributed by atoms with E-state index in [9.17, 15) is 4.79 Å². The van der Waals surface area contributed by atoms with E-state index in [1.807, 2.05) is 0 Å². The van der Waals surface area contributed by atoms with Gasteiger partial charge >= 0.3 is 0 Å². The lowest BCUT2D eigenvalue weighted by Crippen LogP contribution is -1.92. The summed E-state index contributed by atoms with van der Waals surface area (Å²) in [5.74, 6) is 0.295. The highest BCUT2D eigenvalue weighted by molar-refractivity contribution is 14.2. The molecule has 0 fully saturated rings. The summed E-state index contributed by atoms with van der Waals surface area (Å²) in [6, 6.07) is 0. The molecule has 0 aliphatic rings. The fraction of sp³-hybridized carbons (Fsp3) is 0.800. The third-order valence-corrected chi connectivity index (χ3v) is 1.96. The minimum absolute atomic E-state index is 0.295. The molecule has 0 saturated heterocycles. The second-order valence-corrected chi connectivity index (χ2v) is 7.02. The predicted molar refractivity (Wildman–Crippen MR) is 51.7 cm³/mol.